The predicted octanol–water partition coefficient (Wildman–Crippen LogP) is 9.63. The number of aromatic nitrogens is 4. The third-order valence-corrected chi connectivity index (χ3v) is 10.7. The van der Waals surface area contributed by atoms with Gasteiger partial charge in [0.25, 0.3) is 0 Å². The maximum Gasteiger partial charge on any atom is 0.162 e. The van der Waals surface area contributed by atoms with Crippen LogP contribution in [-0.4, -0.2) is 19.9 Å². The van der Waals surface area contributed by atoms with Crippen LogP contribution in [-0.2, 0) is 39.3 Å². The van der Waals surface area contributed by atoms with Gasteiger partial charge in [0.2, 0.25) is 0 Å². The summed E-state index contributed by atoms with van der Waals surface area (Å²) < 4.78 is 24.8. The quantitative estimate of drug-likeness (QED) is 0.0862. The molecular weight excluding hydrogens is 681 g/mol. The molecule has 0 bridgehead atoms. The Bertz CT molecular complexity index is 1790. The minimum absolute atomic E-state index is 0.398. The highest BCUT2D eigenvalue weighted by atomic mass is 32.1. The number of rotatable bonds is 17. The van der Waals surface area contributed by atoms with Gasteiger partial charge in [0.15, 0.2) is 23.0 Å². The molecule has 4 heterocycles. The number of benzene rings is 2. The van der Waals surface area contributed by atoms with Gasteiger partial charge < -0.3 is 18.9 Å². The van der Waals surface area contributed by atoms with E-state index in [4.69, 9.17) is 18.9 Å². The first-order valence-electron chi connectivity index (χ1n) is 15.8. The molecule has 250 valence electrons. The summed E-state index contributed by atoms with van der Waals surface area (Å²) >= 11 is 6.50. The van der Waals surface area contributed by atoms with Crippen LogP contribution in [0.5, 0.6) is 23.0 Å². The van der Waals surface area contributed by atoms with Crippen LogP contribution in [0.15, 0.2) is 57.9 Å². The summed E-state index contributed by atoms with van der Waals surface area (Å²) in [5.74, 6) is 2.88. The van der Waals surface area contributed by atoms with Crippen molar-refractivity contribution in [2.75, 3.05) is 0 Å². The van der Waals surface area contributed by atoms with Gasteiger partial charge in [-0.1, -0.05) is 12.1 Å². The highest BCUT2D eigenvalue weighted by Crippen LogP contribution is 2.33. The molecule has 48 heavy (non-hydrogen) atoms. The lowest BCUT2D eigenvalue weighted by Gasteiger charge is -2.14. The average molecular weight is 719 g/mol. The number of unbranched alkanes of at least 4 members (excludes halogenated alkanes) is 1. The van der Waals surface area contributed by atoms with Crippen molar-refractivity contribution in [2.45, 2.75) is 79.8 Å². The Morgan fingerprint density at radius 2 is 0.750 bits per heavy atom. The van der Waals surface area contributed by atoms with E-state index in [9.17, 15) is 0 Å². The summed E-state index contributed by atoms with van der Waals surface area (Å²) in [7, 11) is 0. The fourth-order valence-electron chi connectivity index (χ4n) is 5.04. The Labute approximate surface area is 297 Å². The molecule has 0 spiro atoms. The lowest BCUT2D eigenvalue weighted by Crippen LogP contribution is -2.02. The second kappa shape index (κ2) is 16.5. The van der Waals surface area contributed by atoms with Crippen LogP contribution in [0.4, 0.5) is 0 Å². The first kappa shape index (κ1) is 34.0. The molecule has 2 aromatic carbocycles. The van der Waals surface area contributed by atoms with Crippen molar-refractivity contribution in [1.29, 1.82) is 0 Å². The minimum Gasteiger partial charge on any atom is -0.483 e. The minimum atomic E-state index is 0.398. The van der Waals surface area contributed by atoms with Gasteiger partial charge in [0.1, 0.15) is 26.4 Å². The average Bonchev–Trinajstić information content (AvgIpc) is 3.89. The van der Waals surface area contributed by atoms with E-state index in [1.54, 1.807) is 45.3 Å². The molecule has 0 unspecified atom stereocenters. The fraction of sp³-hybridized carbons (Fsp3) is 0.333. The largest absolute Gasteiger partial charge is 0.483 e. The van der Waals surface area contributed by atoms with Gasteiger partial charge in [-0.05, 0) is 88.8 Å². The van der Waals surface area contributed by atoms with Crippen molar-refractivity contribution < 1.29 is 18.9 Å². The van der Waals surface area contributed by atoms with Gasteiger partial charge in [-0.3, -0.25) is 0 Å². The summed E-state index contributed by atoms with van der Waals surface area (Å²) in [6.45, 7) is 9.61. The van der Waals surface area contributed by atoms with Crippen molar-refractivity contribution in [3.05, 3.63) is 112 Å². The van der Waals surface area contributed by atoms with Crippen LogP contribution in [0, 0.1) is 27.7 Å². The fourth-order valence-corrected chi connectivity index (χ4v) is 7.43. The molecule has 0 saturated heterocycles. The van der Waals surface area contributed by atoms with E-state index in [2.05, 4.69) is 44.2 Å². The van der Waals surface area contributed by atoms with Gasteiger partial charge in [0, 0.05) is 21.5 Å². The van der Waals surface area contributed by atoms with E-state index in [0.717, 1.165) is 80.0 Å². The molecule has 0 amide bonds. The Balaban J connectivity index is 1.07. The van der Waals surface area contributed by atoms with E-state index in [1.807, 2.05) is 61.3 Å². The zero-order valence-electron chi connectivity index (χ0n) is 27.5. The number of hydrogen-bond acceptors (Lipinski definition) is 12. The van der Waals surface area contributed by atoms with E-state index >= 15 is 0 Å². The lowest BCUT2D eigenvalue weighted by molar-refractivity contribution is 0.252. The molecule has 0 fully saturated rings. The lowest BCUT2D eigenvalue weighted by atomic mass is 10.0. The normalized spacial score (nSPS) is 11.2. The third-order valence-electron chi connectivity index (χ3n) is 7.37. The SMILES string of the molecule is Cc1nc(COc2ccc(CCCCc3ccc(OCc4csc(C)n4)c(OCc4csc(C)n4)c3)cc2OCc2csc(C)n2)cs1. The molecule has 8 nitrogen and oxygen atoms in total. The second-order valence-electron chi connectivity index (χ2n) is 11.4. The number of aryl methyl sites for hydroxylation is 6. The van der Waals surface area contributed by atoms with E-state index in [1.165, 1.54) is 11.1 Å². The van der Waals surface area contributed by atoms with Crippen LogP contribution in [0.2, 0.25) is 0 Å². The topological polar surface area (TPSA) is 88.5 Å². The molecule has 0 N–H and O–H groups in total. The Kier molecular flexibility index (Phi) is 11.7. The zero-order chi connectivity index (χ0) is 33.3. The van der Waals surface area contributed by atoms with Gasteiger partial charge >= 0.3 is 0 Å². The number of nitrogens with zero attached hydrogens (tertiary/aromatic N) is 4. The summed E-state index contributed by atoms with van der Waals surface area (Å²) in [4.78, 5) is 18.2. The zero-order valence-corrected chi connectivity index (χ0v) is 30.8. The molecule has 0 aliphatic heterocycles. The van der Waals surface area contributed by atoms with Crippen LogP contribution < -0.4 is 18.9 Å². The Morgan fingerprint density at radius 3 is 1.04 bits per heavy atom. The summed E-state index contributed by atoms with van der Waals surface area (Å²) in [5, 5.41) is 12.2. The van der Waals surface area contributed by atoms with Crippen molar-refractivity contribution in [2.24, 2.45) is 0 Å². The second-order valence-corrected chi connectivity index (χ2v) is 15.6. The van der Waals surface area contributed by atoms with Gasteiger partial charge in [-0.25, -0.2) is 19.9 Å². The third kappa shape index (κ3) is 9.85. The van der Waals surface area contributed by atoms with Crippen molar-refractivity contribution in [3.8, 4) is 23.0 Å². The molecular formula is C36H38N4O4S4. The molecule has 6 rings (SSSR count). The molecule has 0 aliphatic rings. The number of thiazole rings is 4. The van der Waals surface area contributed by atoms with Gasteiger partial charge in [-0.15, -0.1) is 45.3 Å². The Morgan fingerprint density at radius 1 is 0.438 bits per heavy atom. The highest BCUT2D eigenvalue weighted by molar-refractivity contribution is 7.10. The van der Waals surface area contributed by atoms with Gasteiger partial charge in [0.05, 0.1) is 42.8 Å². The smallest absolute Gasteiger partial charge is 0.162 e. The summed E-state index contributed by atoms with van der Waals surface area (Å²) in [6, 6.07) is 12.5. The molecule has 6 aromatic rings. The van der Waals surface area contributed by atoms with Crippen LogP contribution in [0.1, 0.15) is 66.8 Å². The van der Waals surface area contributed by atoms with Crippen LogP contribution >= 0.6 is 45.3 Å². The maximum atomic E-state index is 6.24. The molecule has 0 radical (unpaired) electrons. The van der Waals surface area contributed by atoms with Crippen molar-refractivity contribution >= 4 is 45.3 Å². The molecule has 12 heteroatoms. The number of hydrogen-bond donors (Lipinski definition) is 0. The van der Waals surface area contributed by atoms with E-state index < -0.39 is 0 Å². The molecule has 0 aliphatic carbocycles. The molecule has 0 saturated carbocycles. The predicted molar refractivity (Wildman–Crippen MR) is 194 cm³/mol. The van der Waals surface area contributed by atoms with E-state index in [0.29, 0.717) is 37.9 Å². The van der Waals surface area contributed by atoms with Crippen molar-refractivity contribution in [3.63, 3.8) is 0 Å². The summed E-state index contributed by atoms with van der Waals surface area (Å²) in [6.07, 6.45) is 3.91. The molecule has 0 atom stereocenters. The Hall–Kier alpha value is -3.84. The van der Waals surface area contributed by atoms with Crippen molar-refractivity contribution in [1.82, 2.24) is 19.9 Å². The summed E-state index contributed by atoms with van der Waals surface area (Å²) in [5.41, 5.74) is 6.10. The monoisotopic (exact) mass is 718 g/mol. The van der Waals surface area contributed by atoms with E-state index in [-0.39, 0.29) is 0 Å². The molecule has 4 aromatic heterocycles. The number of ether oxygens (including phenoxy) is 4. The van der Waals surface area contributed by atoms with Crippen LogP contribution in [0.3, 0.4) is 0 Å². The van der Waals surface area contributed by atoms with Gasteiger partial charge in [-0.2, -0.15) is 0 Å². The first-order chi connectivity index (χ1) is 23.4. The highest BCUT2D eigenvalue weighted by Gasteiger charge is 2.13. The first-order valence-corrected chi connectivity index (χ1v) is 19.3. The standard InChI is InChI=1S/C36H38N4O4S4/c1-23-37-29(19-45-23)15-41-33-11-9-27(13-35(33)43-17-31-21-47-25(3)39-31)7-5-6-8-28-10-12-34(42-16-30-20-46-24(2)38-30)36(14-28)44-18-32-22-48-26(4)40-32/h9-14,19-22H,5-8,15-18H2,1-4H3. The van der Waals surface area contributed by atoms with Crippen LogP contribution in [0.25, 0.3) is 0 Å². The maximum absolute atomic E-state index is 6.24.